The van der Waals surface area contributed by atoms with Crippen LogP contribution in [0.25, 0.3) is 0 Å². The van der Waals surface area contributed by atoms with Gasteiger partial charge in [0.2, 0.25) is 0 Å². The van der Waals surface area contributed by atoms with Crippen LogP contribution in [0.3, 0.4) is 0 Å². The Hall–Kier alpha value is -3.34. The van der Waals surface area contributed by atoms with E-state index in [2.05, 4.69) is 198 Å². The Kier molecular flexibility index (Phi) is 10.1. The molecule has 6 rings (SSSR count). The van der Waals surface area contributed by atoms with Crippen LogP contribution in [-0.4, -0.2) is 5.07 Å². The van der Waals surface area contributed by atoms with Gasteiger partial charge in [-0.05, 0) is 76.2 Å². The first kappa shape index (κ1) is 28.2. The third kappa shape index (κ3) is 6.51. The molecule has 6 aromatic rings. The van der Waals surface area contributed by atoms with Gasteiger partial charge >= 0.3 is 0 Å². The zero-order valence-corrected chi connectivity index (χ0v) is 25.7. The third-order valence-electron chi connectivity index (χ3n) is 6.81. The molecule has 0 unspecified atom stereocenters. The molecule has 0 aliphatic rings. The van der Waals surface area contributed by atoms with Crippen molar-refractivity contribution in [2.24, 2.45) is 0 Å². The van der Waals surface area contributed by atoms with Crippen LogP contribution in [0.1, 0.15) is 0 Å². The van der Waals surface area contributed by atoms with E-state index in [0.717, 1.165) is 5.07 Å². The van der Waals surface area contributed by atoms with Crippen molar-refractivity contribution >= 4 is 62.9 Å². The third-order valence-corrected chi connectivity index (χ3v) is 15.4. The van der Waals surface area contributed by atoms with Crippen molar-refractivity contribution in [3.8, 4) is 0 Å². The highest BCUT2D eigenvalue weighted by Crippen LogP contribution is 2.56. The van der Waals surface area contributed by atoms with Crippen molar-refractivity contribution in [1.29, 1.82) is 0 Å². The smallest absolute Gasteiger partial charge is 0.0622 e. The first-order valence-corrected chi connectivity index (χ1v) is 17.8. The lowest BCUT2D eigenvalue weighted by molar-refractivity contribution is 1.71. The molecule has 0 aliphatic heterocycles. The van der Waals surface area contributed by atoms with E-state index in [1.54, 1.807) is 0 Å². The molecular formula is C37H32BrP2+. The number of alkyl halides is 1. The molecule has 0 radical (unpaired) electrons. The van der Waals surface area contributed by atoms with Crippen molar-refractivity contribution in [2.45, 2.75) is 0 Å². The molecule has 0 fully saturated rings. The van der Waals surface area contributed by atoms with Gasteiger partial charge in [-0.15, -0.1) is 0 Å². The van der Waals surface area contributed by atoms with Gasteiger partial charge in [-0.25, -0.2) is 0 Å². The van der Waals surface area contributed by atoms with Gasteiger partial charge in [0, 0.05) is 0 Å². The fourth-order valence-electron chi connectivity index (χ4n) is 4.88. The van der Waals surface area contributed by atoms with Crippen molar-refractivity contribution < 1.29 is 0 Å². The molecule has 0 amide bonds. The lowest BCUT2D eigenvalue weighted by Gasteiger charge is -2.25. The second kappa shape index (κ2) is 14.3. The summed E-state index contributed by atoms with van der Waals surface area (Å²) in [4.78, 5) is 0. The second-order valence-electron chi connectivity index (χ2n) is 9.28. The van der Waals surface area contributed by atoms with E-state index in [9.17, 15) is 0 Å². The molecule has 0 atom stereocenters. The molecule has 3 heteroatoms. The van der Waals surface area contributed by atoms with E-state index < -0.39 is 15.2 Å². The predicted molar refractivity (Wildman–Crippen MR) is 184 cm³/mol. The summed E-state index contributed by atoms with van der Waals surface area (Å²) in [7, 11) is -2.06. The minimum absolute atomic E-state index is 0.446. The number of hydrogen-bond donors (Lipinski definition) is 0. The van der Waals surface area contributed by atoms with Gasteiger partial charge in [0.1, 0.15) is 28.2 Å². The Labute approximate surface area is 249 Å². The quantitative estimate of drug-likeness (QED) is 0.127. The molecule has 6 aromatic carbocycles. The van der Waals surface area contributed by atoms with Crippen LogP contribution in [0.5, 0.6) is 0 Å². The van der Waals surface area contributed by atoms with E-state index in [-0.39, 0.29) is 0 Å². The van der Waals surface area contributed by atoms with Gasteiger partial charge in [0.25, 0.3) is 0 Å². The molecule has 40 heavy (non-hydrogen) atoms. The van der Waals surface area contributed by atoms with Gasteiger partial charge in [-0.1, -0.05) is 146 Å². The Morgan fingerprint density at radius 2 is 0.575 bits per heavy atom. The summed E-state index contributed by atoms with van der Waals surface area (Å²) in [5.74, 6) is 0. The van der Waals surface area contributed by atoms with Crippen LogP contribution < -0.4 is 31.8 Å². The maximum atomic E-state index is 3.83. The Morgan fingerprint density at radius 1 is 0.350 bits per heavy atom. The minimum atomic E-state index is -1.62. The van der Waals surface area contributed by atoms with Crippen LogP contribution in [0.15, 0.2) is 182 Å². The minimum Gasteiger partial charge on any atom is -0.0622 e. The van der Waals surface area contributed by atoms with E-state index >= 15 is 0 Å². The van der Waals surface area contributed by atoms with Crippen LogP contribution in [0.2, 0.25) is 0 Å². The van der Waals surface area contributed by atoms with E-state index in [1.165, 1.54) is 31.8 Å². The topological polar surface area (TPSA) is 0 Å². The molecule has 0 bridgehead atoms. The summed E-state index contributed by atoms with van der Waals surface area (Å²) in [6.07, 6.45) is 0. The van der Waals surface area contributed by atoms with Gasteiger partial charge < -0.3 is 0 Å². The molecule has 0 spiro atoms. The number of rotatable bonds is 7. The first-order chi connectivity index (χ1) is 19.8. The number of benzene rings is 6. The fraction of sp³-hybridized carbons (Fsp3) is 0.0270. The standard InChI is InChI=1S/C19H17BrP.C18H15P/c20-16-21(17-10-4-1-5-11-17,18-12-6-2-7-13-18)19-14-8-3-9-15-19;1-4-10-16(11-5-1)19(17-12-6-2-7-13-17)18-14-8-3-9-15-18/h1-15H,16H2;1-15H/q+1;. The number of hydrogen-bond acceptors (Lipinski definition) is 0. The molecule has 0 heterocycles. The molecule has 0 N–H and O–H groups in total. The SMILES string of the molecule is BrC[P+](c1ccccc1)(c1ccccc1)c1ccccc1.c1ccc(P(c2ccccc2)c2ccccc2)cc1. The van der Waals surface area contributed by atoms with Crippen molar-refractivity contribution in [1.82, 2.24) is 0 Å². The molecule has 0 aliphatic carbocycles. The highest BCUT2D eigenvalue weighted by Gasteiger charge is 2.44. The Bertz CT molecular complexity index is 1350. The Balaban J connectivity index is 0.000000162. The van der Waals surface area contributed by atoms with Crippen molar-refractivity contribution in [2.75, 3.05) is 5.07 Å². The van der Waals surface area contributed by atoms with Crippen LogP contribution in [-0.2, 0) is 0 Å². The summed E-state index contributed by atoms with van der Waals surface area (Å²) in [6, 6.07) is 65.0. The predicted octanol–water partition coefficient (Wildman–Crippen LogP) is 7.78. The largest absolute Gasteiger partial charge is 0.127 e. The normalized spacial score (nSPS) is 10.9. The summed E-state index contributed by atoms with van der Waals surface area (Å²) in [6.45, 7) is 0. The summed E-state index contributed by atoms with van der Waals surface area (Å²) >= 11 is 3.83. The van der Waals surface area contributed by atoms with E-state index in [4.69, 9.17) is 0 Å². The molecule has 0 nitrogen and oxygen atoms in total. The summed E-state index contributed by atoms with van der Waals surface area (Å²) in [5, 5.41) is 9.40. The van der Waals surface area contributed by atoms with Gasteiger partial charge in [-0.3, -0.25) is 0 Å². The van der Waals surface area contributed by atoms with E-state index in [1.807, 2.05) is 0 Å². The fourth-order valence-corrected chi connectivity index (χ4v) is 13.1. The monoisotopic (exact) mass is 617 g/mol. The summed E-state index contributed by atoms with van der Waals surface area (Å²) < 4.78 is 0. The number of halogens is 1. The highest BCUT2D eigenvalue weighted by molar-refractivity contribution is 9.10. The van der Waals surface area contributed by atoms with E-state index in [0.29, 0.717) is 0 Å². The first-order valence-electron chi connectivity index (χ1n) is 13.4. The average molecular weight is 619 g/mol. The lowest BCUT2D eigenvalue weighted by Crippen LogP contribution is -2.31. The van der Waals surface area contributed by atoms with Crippen LogP contribution in [0.4, 0.5) is 0 Å². The van der Waals surface area contributed by atoms with Crippen molar-refractivity contribution in [3.63, 3.8) is 0 Å². The molecule has 0 saturated carbocycles. The Morgan fingerprint density at radius 3 is 0.800 bits per heavy atom. The zero-order valence-electron chi connectivity index (χ0n) is 22.3. The average Bonchev–Trinajstić information content (AvgIpc) is 3.05. The maximum Gasteiger partial charge on any atom is 0.127 e. The van der Waals surface area contributed by atoms with Gasteiger partial charge in [-0.2, -0.15) is 0 Å². The zero-order chi connectivity index (χ0) is 27.5. The van der Waals surface area contributed by atoms with Crippen LogP contribution in [0, 0.1) is 0 Å². The van der Waals surface area contributed by atoms with Gasteiger partial charge in [0.05, 0.1) is 0 Å². The highest BCUT2D eigenvalue weighted by atomic mass is 79.9. The maximum absolute atomic E-state index is 3.83. The van der Waals surface area contributed by atoms with Crippen molar-refractivity contribution in [3.05, 3.63) is 182 Å². The lowest BCUT2D eigenvalue weighted by atomic mass is 10.4. The second-order valence-corrected chi connectivity index (χ2v) is 16.4. The molecular weight excluding hydrogens is 586 g/mol. The van der Waals surface area contributed by atoms with Gasteiger partial charge in [0.15, 0.2) is 0 Å². The molecule has 0 saturated heterocycles. The molecule has 196 valence electrons. The summed E-state index contributed by atoms with van der Waals surface area (Å²) in [5.41, 5.74) is 0. The molecule has 0 aromatic heterocycles. The van der Waals surface area contributed by atoms with Crippen LogP contribution >= 0.6 is 31.1 Å².